The molecular weight excluding hydrogens is 424 g/mol. The van der Waals surface area contributed by atoms with Crippen LogP contribution in [0.3, 0.4) is 0 Å². The summed E-state index contributed by atoms with van der Waals surface area (Å²) in [6.07, 6.45) is 1.39. The van der Waals surface area contributed by atoms with E-state index in [1.807, 2.05) is 30.3 Å². The standard InChI is InChI=1S/C24H24N4O5/c1-29-17-8-6-13(10-19(17)31-3)16-11-15(20-23(25)26-12-27-24(20)28-16)14-7-9-18(30-2)22(33-5)21(14)32-4/h6-12H,1-5H3,(H2,25,26,27,28). The largest absolute Gasteiger partial charge is 0.493 e. The monoisotopic (exact) mass is 448 g/mol. The predicted molar refractivity (Wildman–Crippen MR) is 125 cm³/mol. The molecule has 0 bridgehead atoms. The van der Waals surface area contributed by atoms with Gasteiger partial charge in [-0.3, -0.25) is 0 Å². The summed E-state index contributed by atoms with van der Waals surface area (Å²) in [5, 5.41) is 0.604. The van der Waals surface area contributed by atoms with Gasteiger partial charge in [0.1, 0.15) is 12.1 Å². The highest BCUT2D eigenvalue weighted by atomic mass is 16.5. The lowest BCUT2D eigenvalue weighted by Gasteiger charge is -2.18. The molecule has 0 fully saturated rings. The summed E-state index contributed by atoms with van der Waals surface area (Å²) < 4.78 is 27.5. The van der Waals surface area contributed by atoms with E-state index in [0.29, 0.717) is 51.3 Å². The van der Waals surface area contributed by atoms with Crippen LogP contribution < -0.4 is 29.4 Å². The Morgan fingerprint density at radius 1 is 0.667 bits per heavy atom. The molecule has 2 heterocycles. The Morgan fingerprint density at radius 2 is 1.36 bits per heavy atom. The van der Waals surface area contributed by atoms with Crippen molar-refractivity contribution in [2.75, 3.05) is 41.3 Å². The van der Waals surface area contributed by atoms with Gasteiger partial charge in [0.25, 0.3) is 0 Å². The van der Waals surface area contributed by atoms with Crippen LogP contribution in [0.15, 0.2) is 42.7 Å². The molecule has 0 radical (unpaired) electrons. The van der Waals surface area contributed by atoms with E-state index >= 15 is 0 Å². The molecule has 2 aromatic carbocycles. The molecule has 4 aromatic rings. The number of hydrogen-bond acceptors (Lipinski definition) is 9. The molecular formula is C24H24N4O5. The van der Waals surface area contributed by atoms with Gasteiger partial charge in [0.2, 0.25) is 5.75 Å². The SMILES string of the molecule is COc1ccc(-c2cc(-c3ccc(OC)c(OC)c3OC)c3c(N)ncnc3n2)cc1OC. The third-order valence-corrected chi connectivity index (χ3v) is 5.31. The van der Waals surface area contributed by atoms with E-state index in [1.165, 1.54) is 6.33 Å². The molecule has 9 nitrogen and oxygen atoms in total. The summed E-state index contributed by atoms with van der Waals surface area (Å²) in [5.41, 5.74) is 9.64. The summed E-state index contributed by atoms with van der Waals surface area (Å²) in [4.78, 5) is 13.3. The summed E-state index contributed by atoms with van der Waals surface area (Å²) in [7, 11) is 7.87. The Kier molecular flexibility index (Phi) is 6.03. The minimum Gasteiger partial charge on any atom is -0.493 e. The van der Waals surface area contributed by atoms with Crippen molar-refractivity contribution < 1.29 is 23.7 Å². The predicted octanol–water partition coefficient (Wildman–Crippen LogP) is 3.98. The maximum Gasteiger partial charge on any atom is 0.203 e. The topological polar surface area (TPSA) is 111 Å². The average molecular weight is 448 g/mol. The van der Waals surface area contributed by atoms with Crippen LogP contribution in [0.2, 0.25) is 0 Å². The van der Waals surface area contributed by atoms with Crippen LogP contribution in [0.4, 0.5) is 5.82 Å². The second-order valence-corrected chi connectivity index (χ2v) is 6.96. The van der Waals surface area contributed by atoms with Gasteiger partial charge in [-0.25, -0.2) is 15.0 Å². The Bertz CT molecular complexity index is 1330. The Balaban J connectivity index is 2.04. The smallest absolute Gasteiger partial charge is 0.203 e. The van der Waals surface area contributed by atoms with Gasteiger partial charge >= 0.3 is 0 Å². The number of fused-ring (bicyclic) bond motifs is 1. The van der Waals surface area contributed by atoms with E-state index in [4.69, 9.17) is 34.4 Å². The van der Waals surface area contributed by atoms with Gasteiger partial charge in [-0.05, 0) is 36.4 Å². The number of nitrogens with zero attached hydrogens (tertiary/aromatic N) is 3. The van der Waals surface area contributed by atoms with Crippen molar-refractivity contribution in [3.63, 3.8) is 0 Å². The normalized spacial score (nSPS) is 10.7. The maximum absolute atomic E-state index is 6.26. The number of aromatic nitrogens is 3. The number of hydrogen-bond donors (Lipinski definition) is 1. The molecule has 4 rings (SSSR count). The first-order chi connectivity index (χ1) is 16.1. The number of methoxy groups -OCH3 is 5. The number of rotatable bonds is 7. The van der Waals surface area contributed by atoms with Crippen LogP contribution in [0.25, 0.3) is 33.4 Å². The molecule has 170 valence electrons. The van der Waals surface area contributed by atoms with Crippen molar-refractivity contribution in [3.8, 4) is 51.1 Å². The van der Waals surface area contributed by atoms with Gasteiger partial charge < -0.3 is 29.4 Å². The Morgan fingerprint density at radius 3 is 2.03 bits per heavy atom. The zero-order valence-corrected chi connectivity index (χ0v) is 19.0. The van der Waals surface area contributed by atoms with Gasteiger partial charge in [0, 0.05) is 16.7 Å². The van der Waals surface area contributed by atoms with Crippen LogP contribution in [0.5, 0.6) is 28.7 Å². The lowest BCUT2D eigenvalue weighted by Crippen LogP contribution is -2.01. The van der Waals surface area contributed by atoms with Gasteiger partial charge in [0.15, 0.2) is 28.6 Å². The molecule has 33 heavy (non-hydrogen) atoms. The van der Waals surface area contributed by atoms with Crippen molar-refractivity contribution in [3.05, 3.63) is 42.7 Å². The molecule has 0 amide bonds. The summed E-state index contributed by atoms with van der Waals surface area (Å²) in [5.74, 6) is 3.01. The number of anilines is 1. The molecule has 0 atom stereocenters. The van der Waals surface area contributed by atoms with Crippen molar-refractivity contribution in [2.24, 2.45) is 0 Å². The molecule has 0 unspecified atom stereocenters. The van der Waals surface area contributed by atoms with Crippen LogP contribution >= 0.6 is 0 Å². The van der Waals surface area contributed by atoms with E-state index in [0.717, 1.165) is 16.7 Å². The van der Waals surface area contributed by atoms with E-state index in [1.54, 1.807) is 41.6 Å². The minimum absolute atomic E-state index is 0.304. The molecule has 0 saturated heterocycles. The molecule has 2 aromatic heterocycles. The van der Waals surface area contributed by atoms with E-state index in [-0.39, 0.29) is 0 Å². The van der Waals surface area contributed by atoms with E-state index in [9.17, 15) is 0 Å². The quantitative estimate of drug-likeness (QED) is 0.449. The van der Waals surface area contributed by atoms with Gasteiger partial charge in [-0.1, -0.05) is 0 Å². The number of benzene rings is 2. The first kappa shape index (κ1) is 21.9. The van der Waals surface area contributed by atoms with Crippen LogP contribution in [-0.4, -0.2) is 50.5 Å². The third kappa shape index (κ3) is 3.78. The fraction of sp³-hybridized carbons (Fsp3) is 0.208. The van der Waals surface area contributed by atoms with Gasteiger partial charge in [-0.15, -0.1) is 0 Å². The van der Waals surface area contributed by atoms with Crippen molar-refractivity contribution in [1.29, 1.82) is 0 Å². The highest BCUT2D eigenvalue weighted by molar-refractivity contribution is 6.02. The van der Waals surface area contributed by atoms with Crippen LogP contribution in [0.1, 0.15) is 0 Å². The molecule has 9 heteroatoms. The number of nitrogen functional groups attached to an aromatic ring is 1. The third-order valence-electron chi connectivity index (χ3n) is 5.31. The molecule has 0 aliphatic rings. The number of pyridine rings is 1. The van der Waals surface area contributed by atoms with Gasteiger partial charge in [0.05, 0.1) is 46.6 Å². The van der Waals surface area contributed by atoms with Crippen LogP contribution in [-0.2, 0) is 0 Å². The fourth-order valence-corrected chi connectivity index (χ4v) is 3.76. The highest BCUT2D eigenvalue weighted by Crippen LogP contribution is 2.47. The van der Waals surface area contributed by atoms with Crippen molar-refractivity contribution in [2.45, 2.75) is 0 Å². The molecule has 2 N–H and O–H groups in total. The average Bonchev–Trinajstić information content (AvgIpc) is 2.86. The lowest BCUT2D eigenvalue weighted by molar-refractivity contribution is 0.325. The Labute approximate surface area is 191 Å². The zero-order valence-electron chi connectivity index (χ0n) is 19.0. The number of ether oxygens (including phenoxy) is 5. The van der Waals surface area contributed by atoms with Gasteiger partial charge in [-0.2, -0.15) is 0 Å². The van der Waals surface area contributed by atoms with E-state index < -0.39 is 0 Å². The molecule has 0 aliphatic heterocycles. The first-order valence-electron chi connectivity index (χ1n) is 9.99. The maximum atomic E-state index is 6.26. The summed E-state index contributed by atoms with van der Waals surface area (Å²) >= 11 is 0. The zero-order chi connectivity index (χ0) is 23.5. The fourth-order valence-electron chi connectivity index (χ4n) is 3.76. The molecule has 0 aliphatic carbocycles. The minimum atomic E-state index is 0.304. The Hall–Kier alpha value is -4.27. The molecule has 0 spiro atoms. The van der Waals surface area contributed by atoms with Crippen molar-refractivity contribution >= 4 is 16.9 Å². The number of nitrogens with two attached hydrogens (primary N) is 1. The van der Waals surface area contributed by atoms with Crippen molar-refractivity contribution in [1.82, 2.24) is 15.0 Å². The summed E-state index contributed by atoms with van der Waals surface area (Å²) in [6, 6.07) is 11.2. The highest BCUT2D eigenvalue weighted by Gasteiger charge is 2.22. The van der Waals surface area contributed by atoms with Crippen LogP contribution in [0, 0.1) is 0 Å². The first-order valence-corrected chi connectivity index (χ1v) is 9.99. The van der Waals surface area contributed by atoms with E-state index in [2.05, 4.69) is 9.97 Å². The second-order valence-electron chi connectivity index (χ2n) is 6.96. The lowest BCUT2D eigenvalue weighted by atomic mass is 9.98. The molecule has 0 saturated carbocycles. The summed E-state index contributed by atoms with van der Waals surface area (Å²) in [6.45, 7) is 0. The second kappa shape index (κ2) is 9.07.